The van der Waals surface area contributed by atoms with Crippen molar-refractivity contribution in [3.8, 4) is 0 Å². The Kier molecular flexibility index (Phi) is 10.7. The van der Waals surface area contributed by atoms with E-state index < -0.39 is 12.3 Å². The van der Waals surface area contributed by atoms with Crippen LogP contribution < -0.4 is 0 Å². The molecule has 0 radical (unpaired) electrons. The van der Waals surface area contributed by atoms with Crippen LogP contribution in [0.4, 0.5) is 0 Å². The first-order valence-electron chi connectivity index (χ1n) is 6.73. The van der Waals surface area contributed by atoms with Gasteiger partial charge in [0, 0.05) is 18.6 Å². The molecule has 0 aromatic rings. The molecule has 0 saturated carbocycles. The first-order valence-corrected chi connectivity index (χ1v) is 6.73. The maximum Gasteiger partial charge on any atom is 0.335 e. The molecule has 0 aliphatic heterocycles. The number of ether oxygens (including phenoxy) is 1. The highest BCUT2D eigenvalue weighted by Gasteiger charge is 2.10. The third kappa shape index (κ3) is 10.3. The molecule has 0 spiro atoms. The number of rotatable bonds is 11. The van der Waals surface area contributed by atoms with Crippen molar-refractivity contribution in [3.05, 3.63) is 12.2 Å². The van der Waals surface area contributed by atoms with E-state index in [1.807, 2.05) is 0 Å². The molecule has 0 aromatic heterocycles. The van der Waals surface area contributed by atoms with E-state index in [9.17, 15) is 9.90 Å². The Hall–Kier alpha value is -0.870. The lowest BCUT2D eigenvalue weighted by atomic mass is 10.1. The van der Waals surface area contributed by atoms with Crippen molar-refractivity contribution in [3.63, 3.8) is 0 Å². The number of unbranched alkanes of at least 4 members (excludes halogenated alkanes) is 6. The van der Waals surface area contributed by atoms with Crippen molar-refractivity contribution in [2.45, 2.75) is 64.6 Å². The van der Waals surface area contributed by atoms with Crippen molar-refractivity contribution in [1.29, 1.82) is 0 Å². The van der Waals surface area contributed by atoms with E-state index in [0.29, 0.717) is 12.0 Å². The first-order chi connectivity index (χ1) is 8.57. The van der Waals surface area contributed by atoms with Gasteiger partial charge in [-0.1, -0.05) is 38.7 Å². The van der Waals surface area contributed by atoms with Crippen LogP contribution in [0, 0.1) is 0 Å². The quantitative estimate of drug-likeness (QED) is 0.259. The molecule has 0 rings (SSSR count). The SMILES string of the molecule is C=C(C)C(=O)OC(O)CCCCCCCCCO. The third-order valence-electron chi connectivity index (χ3n) is 2.70. The lowest BCUT2D eigenvalue weighted by Crippen LogP contribution is -2.17. The van der Waals surface area contributed by atoms with Gasteiger partial charge < -0.3 is 14.9 Å². The highest BCUT2D eigenvalue weighted by Crippen LogP contribution is 2.10. The van der Waals surface area contributed by atoms with Gasteiger partial charge in [0.15, 0.2) is 0 Å². The predicted octanol–water partition coefficient (Wildman–Crippen LogP) is 2.54. The second-order valence-corrected chi connectivity index (χ2v) is 4.63. The summed E-state index contributed by atoms with van der Waals surface area (Å²) < 4.78 is 4.76. The number of aliphatic hydroxyl groups excluding tert-OH is 2. The average Bonchev–Trinajstić information content (AvgIpc) is 2.32. The highest BCUT2D eigenvalue weighted by molar-refractivity contribution is 5.86. The lowest BCUT2D eigenvalue weighted by molar-refractivity contribution is -0.163. The predicted molar refractivity (Wildman–Crippen MR) is 70.9 cm³/mol. The average molecular weight is 258 g/mol. The van der Waals surface area contributed by atoms with E-state index >= 15 is 0 Å². The third-order valence-corrected chi connectivity index (χ3v) is 2.70. The van der Waals surface area contributed by atoms with Crippen LogP contribution in [-0.2, 0) is 9.53 Å². The monoisotopic (exact) mass is 258 g/mol. The van der Waals surface area contributed by atoms with Gasteiger partial charge >= 0.3 is 5.97 Å². The minimum atomic E-state index is -1.01. The normalized spacial score (nSPS) is 12.2. The summed E-state index contributed by atoms with van der Waals surface area (Å²) in [7, 11) is 0. The Bertz CT molecular complexity index is 238. The van der Waals surface area contributed by atoms with Crippen LogP contribution in [0.2, 0.25) is 0 Å². The van der Waals surface area contributed by atoms with Gasteiger partial charge in [-0.15, -0.1) is 0 Å². The molecule has 1 unspecified atom stereocenters. The Labute approximate surface area is 110 Å². The fourth-order valence-electron chi connectivity index (χ4n) is 1.60. The van der Waals surface area contributed by atoms with Gasteiger partial charge in [0.05, 0.1) is 0 Å². The summed E-state index contributed by atoms with van der Waals surface area (Å²) in [5, 5.41) is 18.0. The molecule has 0 heterocycles. The summed E-state index contributed by atoms with van der Waals surface area (Å²) in [5.74, 6) is -0.536. The van der Waals surface area contributed by atoms with Crippen molar-refractivity contribution < 1.29 is 19.7 Å². The fourth-order valence-corrected chi connectivity index (χ4v) is 1.60. The zero-order chi connectivity index (χ0) is 13.8. The Morgan fingerprint density at radius 3 is 2.11 bits per heavy atom. The van der Waals surface area contributed by atoms with Gasteiger partial charge in [0.2, 0.25) is 6.29 Å². The number of aliphatic hydroxyl groups is 2. The van der Waals surface area contributed by atoms with Crippen LogP contribution in [0.1, 0.15) is 58.3 Å². The maximum atomic E-state index is 11.1. The Morgan fingerprint density at radius 2 is 1.61 bits per heavy atom. The lowest BCUT2D eigenvalue weighted by Gasteiger charge is -2.11. The summed E-state index contributed by atoms with van der Waals surface area (Å²) in [4.78, 5) is 11.1. The number of hydrogen-bond acceptors (Lipinski definition) is 4. The first kappa shape index (κ1) is 17.1. The van der Waals surface area contributed by atoms with Crippen molar-refractivity contribution in [1.82, 2.24) is 0 Å². The molecule has 4 heteroatoms. The highest BCUT2D eigenvalue weighted by atomic mass is 16.6. The van der Waals surface area contributed by atoms with E-state index in [4.69, 9.17) is 9.84 Å². The fraction of sp³-hybridized carbons (Fsp3) is 0.786. The molecule has 2 N–H and O–H groups in total. The standard InChI is InChI=1S/C14H26O4/c1-12(2)14(17)18-13(16)10-8-6-4-3-5-7-9-11-15/h13,15-16H,1,3-11H2,2H3. The zero-order valence-corrected chi connectivity index (χ0v) is 11.4. The van der Waals surface area contributed by atoms with Gasteiger partial charge in [-0.2, -0.15) is 0 Å². The number of esters is 1. The molecule has 18 heavy (non-hydrogen) atoms. The molecule has 0 aromatic carbocycles. The second-order valence-electron chi connectivity index (χ2n) is 4.63. The Balaban J connectivity index is 3.32. The maximum absolute atomic E-state index is 11.1. The summed E-state index contributed by atoms with van der Waals surface area (Å²) in [6.07, 6.45) is 6.73. The second kappa shape index (κ2) is 11.2. The van der Waals surface area contributed by atoms with Crippen LogP contribution in [0.3, 0.4) is 0 Å². The molecule has 4 nitrogen and oxygen atoms in total. The molecule has 0 amide bonds. The van der Waals surface area contributed by atoms with E-state index in [0.717, 1.165) is 44.9 Å². The smallest absolute Gasteiger partial charge is 0.335 e. The summed E-state index contributed by atoms with van der Waals surface area (Å²) in [6.45, 7) is 5.28. The molecule has 0 aliphatic carbocycles. The molecule has 1 atom stereocenters. The molecule has 0 fully saturated rings. The topological polar surface area (TPSA) is 66.8 Å². The summed E-state index contributed by atoms with van der Waals surface area (Å²) >= 11 is 0. The van der Waals surface area contributed by atoms with Gasteiger partial charge in [-0.05, 0) is 19.8 Å². The number of carbonyl (C=O) groups is 1. The van der Waals surface area contributed by atoms with Crippen molar-refractivity contribution >= 4 is 5.97 Å². The minimum Gasteiger partial charge on any atom is -0.433 e. The van der Waals surface area contributed by atoms with Crippen LogP contribution in [0.15, 0.2) is 12.2 Å². The molecular formula is C14H26O4. The summed E-state index contributed by atoms with van der Waals surface area (Å²) in [6, 6.07) is 0. The summed E-state index contributed by atoms with van der Waals surface area (Å²) in [5.41, 5.74) is 0.304. The van der Waals surface area contributed by atoms with E-state index in [1.54, 1.807) is 6.92 Å². The van der Waals surface area contributed by atoms with Crippen molar-refractivity contribution in [2.75, 3.05) is 6.61 Å². The van der Waals surface area contributed by atoms with Gasteiger partial charge in [-0.3, -0.25) is 0 Å². The molecular weight excluding hydrogens is 232 g/mol. The van der Waals surface area contributed by atoms with Crippen LogP contribution in [0.25, 0.3) is 0 Å². The van der Waals surface area contributed by atoms with Gasteiger partial charge in [0.25, 0.3) is 0 Å². The molecule has 0 saturated heterocycles. The Morgan fingerprint density at radius 1 is 1.11 bits per heavy atom. The van der Waals surface area contributed by atoms with E-state index in [1.165, 1.54) is 0 Å². The van der Waals surface area contributed by atoms with Crippen LogP contribution in [-0.4, -0.2) is 29.1 Å². The zero-order valence-electron chi connectivity index (χ0n) is 11.4. The van der Waals surface area contributed by atoms with Gasteiger partial charge in [-0.25, -0.2) is 4.79 Å². The number of carbonyl (C=O) groups excluding carboxylic acids is 1. The van der Waals surface area contributed by atoms with Gasteiger partial charge in [0.1, 0.15) is 0 Å². The van der Waals surface area contributed by atoms with E-state index in [-0.39, 0.29) is 6.61 Å². The molecule has 0 aliphatic rings. The minimum absolute atomic E-state index is 0.278. The van der Waals surface area contributed by atoms with E-state index in [2.05, 4.69) is 6.58 Å². The van der Waals surface area contributed by atoms with Crippen LogP contribution >= 0.6 is 0 Å². The molecule has 106 valence electrons. The molecule has 0 bridgehead atoms. The van der Waals surface area contributed by atoms with Crippen LogP contribution in [0.5, 0.6) is 0 Å². The van der Waals surface area contributed by atoms with Crippen molar-refractivity contribution in [2.24, 2.45) is 0 Å². The number of hydrogen-bond donors (Lipinski definition) is 2. The largest absolute Gasteiger partial charge is 0.433 e.